The van der Waals surface area contributed by atoms with Crippen molar-refractivity contribution in [2.24, 2.45) is 0 Å². The van der Waals surface area contributed by atoms with Crippen molar-refractivity contribution in [3.63, 3.8) is 0 Å². The Morgan fingerprint density at radius 1 is 1.12 bits per heavy atom. The zero-order valence-corrected chi connectivity index (χ0v) is 13.7. The largest absolute Gasteiger partial charge is 0.399 e. The zero-order chi connectivity index (χ0) is 17.0. The van der Waals surface area contributed by atoms with E-state index in [2.05, 4.69) is 5.32 Å². The molecule has 1 amide bonds. The highest BCUT2D eigenvalue weighted by Crippen LogP contribution is 2.41. The number of amides is 1. The third-order valence-electron chi connectivity index (χ3n) is 4.95. The number of rotatable bonds is 5. The van der Waals surface area contributed by atoms with E-state index in [0.717, 1.165) is 48.9 Å². The van der Waals surface area contributed by atoms with Gasteiger partial charge in [0.15, 0.2) is 0 Å². The normalized spacial score (nSPS) is 16.0. The molecule has 0 spiro atoms. The van der Waals surface area contributed by atoms with Crippen molar-refractivity contribution in [1.29, 1.82) is 0 Å². The molecular formula is C20H23FN2O. The van der Waals surface area contributed by atoms with Crippen LogP contribution in [0.5, 0.6) is 0 Å². The number of hydrogen-bond acceptors (Lipinski definition) is 2. The molecule has 0 heterocycles. The number of anilines is 1. The minimum Gasteiger partial charge on any atom is -0.399 e. The van der Waals surface area contributed by atoms with Crippen LogP contribution in [-0.4, -0.2) is 12.5 Å². The summed E-state index contributed by atoms with van der Waals surface area (Å²) in [7, 11) is 0. The SMILES string of the molecule is Nc1ccc(CCNC(=O)C2(c3cccc(F)c3)CCCC2)cc1. The van der Waals surface area contributed by atoms with Gasteiger partial charge in [0.25, 0.3) is 0 Å². The van der Waals surface area contributed by atoms with E-state index in [1.165, 1.54) is 12.1 Å². The number of nitrogens with one attached hydrogen (secondary N) is 1. The zero-order valence-electron chi connectivity index (χ0n) is 13.7. The van der Waals surface area contributed by atoms with E-state index in [4.69, 9.17) is 5.73 Å². The fourth-order valence-electron chi connectivity index (χ4n) is 3.59. The summed E-state index contributed by atoms with van der Waals surface area (Å²) < 4.78 is 13.6. The smallest absolute Gasteiger partial charge is 0.230 e. The van der Waals surface area contributed by atoms with E-state index in [-0.39, 0.29) is 11.7 Å². The Morgan fingerprint density at radius 3 is 2.50 bits per heavy atom. The highest BCUT2D eigenvalue weighted by Gasteiger charge is 2.42. The van der Waals surface area contributed by atoms with Crippen LogP contribution in [-0.2, 0) is 16.6 Å². The molecule has 3 nitrogen and oxygen atoms in total. The van der Waals surface area contributed by atoms with Crippen LogP contribution in [0, 0.1) is 5.82 Å². The summed E-state index contributed by atoms with van der Waals surface area (Å²) in [6.45, 7) is 0.569. The van der Waals surface area contributed by atoms with Gasteiger partial charge in [-0.3, -0.25) is 4.79 Å². The third-order valence-corrected chi connectivity index (χ3v) is 4.95. The summed E-state index contributed by atoms with van der Waals surface area (Å²) in [5, 5.41) is 3.05. The molecule has 0 saturated heterocycles. The molecule has 2 aromatic carbocycles. The molecule has 4 heteroatoms. The second-order valence-electron chi connectivity index (χ2n) is 6.55. The number of halogens is 1. The van der Waals surface area contributed by atoms with Crippen LogP contribution < -0.4 is 11.1 Å². The van der Waals surface area contributed by atoms with Crippen LogP contribution in [0.25, 0.3) is 0 Å². The lowest BCUT2D eigenvalue weighted by Crippen LogP contribution is -2.43. The van der Waals surface area contributed by atoms with Crippen LogP contribution in [0.1, 0.15) is 36.8 Å². The Bertz CT molecular complexity index is 706. The molecule has 0 radical (unpaired) electrons. The molecule has 0 aromatic heterocycles. The molecule has 3 rings (SSSR count). The first kappa shape index (κ1) is 16.5. The maximum atomic E-state index is 13.6. The quantitative estimate of drug-likeness (QED) is 0.825. The van der Waals surface area contributed by atoms with Crippen molar-refractivity contribution in [3.05, 3.63) is 65.5 Å². The highest BCUT2D eigenvalue weighted by molar-refractivity contribution is 5.88. The molecule has 1 fully saturated rings. The first-order valence-electron chi connectivity index (χ1n) is 8.49. The highest BCUT2D eigenvalue weighted by atomic mass is 19.1. The van der Waals surface area contributed by atoms with E-state index in [1.54, 1.807) is 6.07 Å². The Labute approximate surface area is 142 Å². The Hall–Kier alpha value is -2.36. The standard InChI is InChI=1S/C20H23FN2O/c21-17-5-3-4-16(14-17)20(11-1-2-12-20)19(24)23-13-10-15-6-8-18(22)9-7-15/h3-9,14H,1-2,10-13,22H2,(H,23,24). The van der Waals surface area contributed by atoms with Gasteiger partial charge in [0, 0.05) is 12.2 Å². The average Bonchev–Trinajstić information content (AvgIpc) is 3.08. The lowest BCUT2D eigenvalue weighted by molar-refractivity contribution is -0.126. The molecule has 0 atom stereocenters. The van der Waals surface area contributed by atoms with E-state index in [1.807, 2.05) is 30.3 Å². The Kier molecular flexibility index (Phi) is 4.84. The number of carbonyl (C=O) groups is 1. The van der Waals surface area contributed by atoms with Gasteiger partial charge >= 0.3 is 0 Å². The van der Waals surface area contributed by atoms with E-state index in [9.17, 15) is 9.18 Å². The molecule has 1 saturated carbocycles. The third kappa shape index (κ3) is 3.42. The second-order valence-corrected chi connectivity index (χ2v) is 6.55. The molecule has 0 unspecified atom stereocenters. The molecule has 3 N–H and O–H groups in total. The molecule has 0 bridgehead atoms. The number of carbonyl (C=O) groups excluding carboxylic acids is 1. The van der Waals surface area contributed by atoms with Gasteiger partial charge in [0.1, 0.15) is 5.82 Å². The number of hydrogen-bond donors (Lipinski definition) is 2. The predicted molar refractivity (Wildman–Crippen MR) is 94.1 cm³/mol. The second kappa shape index (κ2) is 7.04. The van der Waals surface area contributed by atoms with E-state index >= 15 is 0 Å². The minimum absolute atomic E-state index is 0.0149. The first-order chi connectivity index (χ1) is 11.6. The van der Waals surface area contributed by atoms with Crippen molar-refractivity contribution in [2.75, 3.05) is 12.3 Å². The van der Waals surface area contributed by atoms with Crippen molar-refractivity contribution in [3.8, 4) is 0 Å². The van der Waals surface area contributed by atoms with Crippen LogP contribution in [0.15, 0.2) is 48.5 Å². The van der Waals surface area contributed by atoms with Gasteiger partial charge in [0.2, 0.25) is 5.91 Å². The lowest BCUT2D eigenvalue weighted by atomic mass is 9.78. The van der Waals surface area contributed by atoms with Gasteiger partial charge in [-0.25, -0.2) is 4.39 Å². The number of nitrogens with two attached hydrogens (primary N) is 1. The van der Waals surface area contributed by atoms with Gasteiger partial charge in [-0.05, 0) is 54.7 Å². The molecule has 126 valence electrons. The monoisotopic (exact) mass is 326 g/mol. The lowest BCUT2D eigenvalue weighted by Gasteiger charge is -2.28. The van der Waals surface area contributed by atoms with Crippen LogP contribution in [0.4, 0.5) is 10.1 Å². The number of nitrogen functional groups attached to an aromatic ring is 1. The molecule has 24 heavy (non-hydrogen) atoms. The maximum Gasteiger partial charge on any atom is 0.230 e. The van der Waals surface area contributed by atoms with Crippen molar-refractivity contribution in [2.45, 2.75) is 37.5 Å². The molecule has 1 aliphatic rings. The predicted octanol–water partition coefficient (Wildman–Crippen LogP) is 3.58. The summed E-state index contributed by atoms with van der Waals surface area (Å²) >= 11 is 0. The summed E-state index contributed by atoms with van der Waals surface area (Å²) in [4.78, 5) is 12.9. The van der Waals surface area contributed by atoms with Crippen molar-refractivity contribution >= 4 is 11.6 Å². The molecule has 1 aliphatic carbocycles. The van der Waals surface area contributed by atoms with Crippen LogP contribution >= 0.6 is 0 Å². The van der Waals surface area contributed by atoms with Crippen molar-refractivity contribution < 1.29 is 9.18 Å². The van der Waals surface area contributed by atoms with Gasteiger partial charge in [-0.2, -0.15) is 0 Å². The maximum absolute atomic E-state index is 13.6. The molecular weight excluding hydrogens is 303 g/mol. The number of benzene rings is 2. The summed E-state index contributed by atoms with van der Waals surface area (Å²) in [6.07, 6.45) is 4.32. The topological polar surface area (TPSA) is 55.1 Å². The van der Waals surface area contributed by atoms with Crippen molar-refractivity contribution in [1.82, 2.24) is 5.32 Å². The fraction of sp³-hybridized carbons (Fsp3) is 0.350. The van der Waals surface area contributed by atoms with Crippen LogP contribution in [0.3, 0.4) is 0 Å². The average molecular weight is 326 g/mol. The van der Waals surface area contributed by atoms with E-state index in [0.29, 0.717) is 6.54 Å². The van der Waals surface area contributed by atoms with Crippen LogP contribution in [0.2, 0.25) is 0 Å². The van der Waals surface area contributed by atoms with Gasteiger partial charge < -0.3 is 11.1 Å². The molecule has 2 aromatic rings. The van der Waals surface area contributed by atoms with Gasteiger partial charge in [-0.15, -0.1) is 0 Å². The minimum atomic E-state index is -0.580. The Morgan fingerprint density at radius 2 is 1.83 bits per heavy atom. The Balaban J connectivity index is 1.68. The molecule has 0 aliphatic heterocycles. The first-order valence-corrected chi connectivity index (χ1v) is 8.49. The summed E-state index contributed by atoms with van der Waals surface area (Å²) in [5.74, 6) is -0.269. The van der Waals surface area contributed by atoms with Gasteiger partial charge in [-0.1, -0.05) is 37.1 Å². The fourth-order valence-corrected chi connectivity index (χ4v) is 3.59. The summed E-state index contributed by atoms with van der Waals surface area (Å²) in [5.41, 5.74) is 7.77. The summed E-state index contributed by atoms with van der Waals surface area (Å²) in [6, 6.07) is 14.2. The van der Waals surface area contributed by atoms with E-state index < -0.39 is 5.41 Å². The van der Waals surface area contributed by atoms with Gasteiger partial charge in [0.05, 0.1) is 5.41 Å².